The number of benzene rings is 1. The Labute approximate surface area is 130 Å². The van der Waals surface area contributed by atoms with E-state index in [1.165, 1.54) is 0 Å². The second-order valence-corrected chi connectivity index (χ2v) is 6.79. The fourth-order valence-electron chi connectivity index (χ4n) is 1.73. The lowest BCUT2D eigenvalue weighted by atomic mass is 10.0. The van der Waals surface area contributed by atoms with Crippen molar-refractivity contribution < 1.29 is 4.79 Å². The second kappa shape index (κ2) is 6.73. The van der Waals surface area contributed by atoms with Gasteiger partial charge in [-0.05, 0) is 34.2 Å². The predicted octanol–water partition coefficient (Wildman–Crippen LogP) is 3.85. The first-order valence-corrected chi connectivity index (χ1v) is 7.70. The van der Waals surface area contributed by atoms with Gasteiger partial charge in [0.25, 0.3) is 5.91 Å². The number of thiophene rings is 1. The molecule has 2 nitrogen and oxygen atoms in total. The Hall–Kier alpha value is -1.32. The van der Waals surface area contributed by atoms with Gasteiger partial charge in [-0.25, -0.2) is 0 Å². The average Bonchev–Trinajstić information content (AvgIpc) is 2.86. The molecule has 0 radical (unpaired) electrons. The molecule has 0 spiro atoms. The van der Waals surface area contributed by atoms with Crippen LogP contribution in [0.2, 0.25) is 0 Å². The van der Waals surface area contributed by atoms with Gasteiger partial charge in [-0.1, -0.05) is 30.3 Å². The highest BCUT2D eigenvalue weighted by atomic mass is 127. The molecule has 19 heavy (non-hydrogen) atoms. The lowest BCUT2D eigenvalue weighted by molar-refractivity contribution is 0.0938. The van der Waals surface area contributed by atoms with Gasteiger partial charge in [-0.2, -0.15) is 0 Å². The van der Waals surface area contributed by atoms with Crippen LogP contribution in [0.25, 0.3) is 0 Å². The van der Waals surface area contributed by atoms with Crippen molar-refractivity contribution in [3.05, 3.63) is 55.8 Å². The van der Waals surface area contributed by atoms with E-state index in [4.69, 9.17) is 6.42 Å². The Balaban J connectivity index is 2.14. The number of carbonyl (C=O) groups excluding carboxylic acids is 1. The van der Waals surface area contributed by atoms with Gasteiger partial charge >= 0.3 is 0 Å². The number of nitrogens with one attached hydrogen (secondary N) is 1. The van der Waals surface area contributed by atoms with Crippen molar-refractivity contribution in [1.29, 1.82) is 0 Å². The highest BCUT2D eigenvalue weighted by Crippen LogP contribution is 2.20. The molecule has 1 N–H and O–H groups in total. The van der Waals surface area contributed by atoms with E-state index < -0.39 is 0 Å². The predicted molar refractivity (Wildman–Crippen MR) is 87.1 cm³/mol. The molecule has 1 heterocycles. The highest BCUT2D eigenvalue weighted by molar-refractivity contribution is 14.1. The molecule has 0 saturated heterocycles. The molecular weight excluding hydrogens is 369 g/mol. The van der Waals surface area contributed by atoms with Crippen LogP contribution in [0, 0.1) is 15.2 Å². The molecule has 0 aliphatic heterocycles. The minimum atomic E-state index is -0.142. The summed E-state index contributed by atoms with van der Waals surface area (Å²) in [6.07, 6.45) is 5.87. The van der Waals surface area contributed by atoms with E-state index in [0.29, 0.717) is 12.0 Å². The molecule has 96 valence electrons. The number of hydrogen-bond acceptors (Lipinski definition) is 2. The fraction of sp³-hybridized carbons (Fsp3) is 0.133. The molecular formula is C15H12INOS. The lowest BCUT2D eigenvalue weighted by Gasteiger charge is -2.16. The Bertz CT molecular complexity index is 600. The first-order valence-electron chi connectivity index (χ1n) is 5.74. The Kier molecular flexibility index (Phi) is 5.00. The zero-order valence-corrected chi connectivity index (χ0v) is 13.1. The maximum Gasteiger partial charge on any atom is 0.252 e. The van der Waals surface area contributed by atoms with Crippen molar-refractivity contribution in [2.75, 3.05) is 0 Å². The van der Waals surface area contributed by atoms with E-state index in [9.17, 15) is 4.79 Å². The standard InChI is InChI=1S/C15H12INOS/c1-2-6-13(11-7-4-3-5-8-11)17-15(18)12-9-14(16)19-10-12/h1,3-5,7-10,13H,6H2,(H,17,18). The molecule has 0 aliphatic carbocycles. The molecule has 1 aromatic heterocycles. The van der Waals surface area contributed by atoms with Crippen LogP contribution in [0.4, 0.5) is 0 Å². The van der Waals surface area contributed by atoms with Gasteiger partial charge in [-0.15, -0.1) is 23.7 Å². The second-order valence-electron chi connectivity index (χ2n) is 3.98. The van der Waals surface area contributed by atoms with Gasteiger partial charge < -0.3 is 5.32 Å². The molecule has 1 unspecified atom stereocenters. The van der Waals surface area contributed by atoms with Crippen LogP contribution in [0.3, 0.4) is 0 Å². The molecule has 1 atom stereocenters. The third-order valence-electron chi connectivity index (χ3n) is 2.66. The van der Waals surface area contributed by atoms with Gasteiger partial charge in [0, 0.05) is 11.8 Å². The molecule has 0 fully saturated rings. The van der Waals surface area contributed by atoms with Crippen molar-refractivity contribution in [3.63, 3.8) is 0 Å². The fourth-order valence-corrected chi connectivity index (χ4v) is 3.05. The zero-order chi connectivity index (χ0) is 13.7. The number of hydrogen-bond donors (Lipinski definition) is 1. The van der Waals surface area contributed by atoms with Crippen molar-refractivity contribution in [2.45, 2.75) is 12.5 Å². The molecule has 2 rings (SSSR count). The van der Waals surface area contributed by atoms with Crippen molar-refractivity contribution in [2.24, 2.45) is 0 Å². The zero-order valence-electron chi connectivity index (χ0n) is 10.1. The number of carbonyl (C=O) groups is 1. The summed E-state index contributed by atoms with van der Waals surface area (Å²) in [6.45, 7) is 0. The topological polar surface area (TPSA) is 29.1 Å². The van der Waals surface area contributed by atoms with Crippen molar-refractivity contribution in [3.8, 4) is 12.3 Å². The monoisotopic (exact) mass is 381 g/mol. The number of halogens is 1. The maximum absolute atomic E-state index is 12.1. The summed E-state index contributed by atoms with van der Waals surface area (Å²) in [5.74, 6) is 2.53. The third kappa shape index (κ3) is 3.82. The third-order valence-corrected chi connectivity index (χ3v) is 4.45. The SMILES string of the molecule is C#CCC(NC(=O)c1csc(I)c1)c1ccccc1. The van der Waals surface area contributed by atoms with Crippen LogP contribution in [0.5, 0.6) is 0 Å². The minimum absolute atomic E-state index is 0.0803. The minimum Gasteiger partial charge on any atom is -0.344 e. The van der Waals surface area contributed by atoms with Crippen LogP contribution >= 0.6 is 33.9 Å². The number of rotatable bonds is 4. The van der Waals surface area contributed by atoms with Gasteiger partial charge in [0.2, 0.25) is 0 Å². The molecule has 0 bridgehead atoms. The average molecular weight is 381 g/mol. The number of terminal acetylenes is 1. The van der Waals surface area contributed by atoms with E-state index in [1.807, 2.05) is 41.8 Å². The lowest BCUT2D eigenvalue weighted by Crippen LogP contribution is -2.28. The van der Waals surface area contributed by atoms with Crippen molar-refractivity contribution in [1.82, 2.24) is 5.32 Å². The molecule has 4 heteroatoms. The van der Waals surface area contributed by atoms with Crippen molar-refractivity contribution >= 4 is 39.8 Å². The summed E-state index contributed by atoms with van der Waals surface area (Å²) < 4.78 is 1.09. The first-order chi connectivity index (χ1) is 9.20. The van der Waals surface area contributed by atoms with E-state index >= 15 is 0 Å². The van der Waals surface area contributed by atoms with Crippen LogP contribution in [0.15, 0.2) is 41.8 Å². The van der Waals surface area contributed by atoms with E-state index in [-0.39, 0.29) is 11.9 Å². The summed E-state index contributed by atoms with van der Waals surface area (Å²) in [6, 6.07) is 11.5. The quantitative estimate of drug-likeness (QED) is 0.633. The normalized spacial score (nSPS) is 11.6. The summed E-state index contributed by atoms with van der Waals surface area (Å²) in [7, 11) is 0. The van der Waals surface area contributed by atoms with Gasteiger partial charge in [0.1, 0.15) is 0 Å². The number of amides is 1. The molecule has 1 amide bonds. The van der Waals surface area contributed by atoms with E-state index in [0.717, 1.165) is 8.45 Å². The Morgan fingerprint density at radius 2 is 2.16 bits per heavy atom. The van der Waals surface area contributed by atoms with Gasteiger partial charge in [0.05, 0.1) is 14.5 Å². The summed E-state index contributed by atoms with van der Waals surface area (Å²) in [5, 5.41) is 4.84. The van der Waals surface area contributed by atoms with E-state index in [2.05, 4.69) is 33.8 Å². The summed E-state index contributed by atoms with van der Waals surface area (Å²) >= 11 is 3.76. The van der Waals surface area contributed by atoms with Crippen LogP contribution in [0.1, 0.15) is 28.4 Å². The van der Waals surface area contributed by atoms with Crippen LogP contribution in [-0.4, -0.2) is 5.91 Å². The Morgan fingerprint density at radius 3 is 2.74 bits per heavy atom. The summed E-state index contributed by atoms with van der Waals surface area (Å²) in [4.78, 5) is 12.1. The van der Waals surface area contributed by atoms with Crippen LogP contribution in [-0.2, 0) is 0 Å². The van der Waals surface area contributed by atoms with E-state index in [1.54, 1.807) is 11.3 Å². The van der Waals surface area contributed by atoms with Gasteiger partial charge in [0.15, 0.2) is 0 Å². The largest absolute Gasteiger partial charge is 0.344 e. The molecule has 1 aromatic carbocycles. The van der Waals surface area contributed by atoms with Crippen LogP contribution < -0.4 is 5.32 Å². The van der Waals surface area contributed by atoms with Gasteiger partial charge in [-0.3, -0.25) is 4.79 Å². The molecule has 0 aliphatic rings. The molecule has 0 saturated carbocycles. The first kappa shape index (κ1) is 14.1. The summed E-state index contributed by atoms with van der Waals surface area (Å²) in [5.41, 5.74) is 1.71. The highest BCUT2D eigenvalue weighted by Gasteiger charge is 2.15. The maximum atomic E-state index is 12.1. The molecule has 2 aromatic rings. The smallest absolute Gasteiger partial charge is 0.252 e. The Morgan fingerprint density at radius 1 is 1.42 bits per heavy atom.